The zero-order chi connectivity index (χ0) is 15.8. The second kappa shape index (κ2) is 9.02. The summed E-state index contributed by atoms with van der Waals surface area (Å²) in [6, 6.07) is 5.34. The van der Waals surface area contributed by atoms with E-state index < -0.39 is 16.9 Å². The molecule has 6 heteroatoms. The van der Waals surface area contributed by atoms with Crippen molar-refractivity contribution in [3.05, 3.63) is 23.8 Å². The van der Waals surface area contributed by atoms with Gasteiger partial charge in [-0.05, 0) is 31.2 Å². The Balaban J connectivity index is 2.55. The predicted molar refractivity (Wildman–Crippen MR) is 85.5 cm³/mol. The number of rotatable bonds is 9. The fraction of sp³-hybridized carbons (Fsp3) is 0.600. The largest absolute Gasteiger partial charge is 0.497 e. The molecule has 5 nitrogen and oxygen atoms in total. The van der Waals surface area contributed by atoms with Crippen molar-refractivity contribution in [2.24, 2.45) is 0 Å². The quantitative estimate of drug-likeness (QED) is 0.676. The zero-order valence-corrected chi connectivity index (χ0v) is 13.9. The molecule has 0 spiro atoms. The lowest BCUT2D eigenvalue weighted by Crippen LogP contribution is -2.26. The van der Waals surface area contributed by atoms with E-state index in [1.54, 1.807) is 38.7 Å². The van der Waals surface area contributed by atoms with Crippen LogP contribution in [0.1, 0.15) is 25.0 Å². The molecule has 0 bridgehead atoms. The Morgan fingerprint density at radius 1 is 1.33 bits per heavy atom. The van der Waals surface area contributed by atoms with E-state index >= 15 is 0 Å². The van der Waals surface area contributed by atoms with E-state index in [0.717, 1.165) is 6.42 Å². The highest BCUT2D eigenvalue weighted by molar-refractivity contribution is 7.84. The molecule has 120 valence electrons. The van der Waals surface area contributed by atoms with Crippen LogP contribution in [0.25, 0.3) is 0 Å². The van der Waals surface area contributed by atoms with E-state index in [1.807, 2.05) is 6.92 Å². The summed E-state index contributed by atoms with van der Waals surface area (Å²) < 4.78 is 21.7. The first-order chi connectivity index (χ1) is 9.99. The molecule has 0 fully saturated rings. The van der Waals surface area contributed by atoms with Gasteiger partial charge in [-0.3, -0.25) is 4.21 Å². The molecule has 0 aliphatic heterocycles. The number of hydrogen-bond donors (Lipinski definition) is 2. The van der Waals surface area contributed by atoms with Crippen molar-refractivity contribution >= 4 is 10.8 Å². The Morgan fingerprint density at radius 2 is 2.05 bits per heavy atom. The van der Waals surface area contributed by atoms with Crippen LogP contribution in [0, 0.1) is 0 Å². The molecule has 2 N–H and O–H groups in total. The lowest BCUT2D eigenvalue weighted by molar-refractivity contribution is 0.170. The maximum Gasteiger partial charge on any atom is 0.124 e. The molecule has 1 aromatic carbocycles. The fourth-order valence-electron chi connectivity index (χ4n) is 1.92. The standard InChI is InChI=1S/C15H25NO4S/c1-11(21(4)18)7-8-16-10-14(17)13-9-12(19-2)5-6-15(13)20-3/h5-6,9,11,14,16-17H,7-8,10H2,1-4H3. The molecule has 0 radical (unpaired) electrons. The molecular weight excluding hydrogens is 290 g/mol. The van der Waals surface area contributed by atoms with Gasteiger partial charge in [-0.2, -0.15) is 0 Å². The van der Waals surface area contributed by atoms with E-state index in [-0.39, 0.29) is 5.25 Å². The van der Waals surface area contributed by atoms with E-state index in [4.69, 9.17) is 9.47 Å². The monoisotopic (exact) mass is 315 g/mol. The average molecular weight is 315 g/mol. The Labute approximate surface area is 129 Å². The number of aliphatic hydroxyl groups is 1. The first-order valence-corrected chi connectivity index (χ1v) is 8.54. The van der Waals surface area contributed by atoms with Gasteiger partial charge in [-0.1, -0.05) is 6.92 Å². The van der Waals surface area contributed by atoms with Crippen molar-refractivity contribution in [2.75, 3.05) is 33.6 Å². The third kappa shape index (κ3) is 5.65. The molecule has 0 aliphatic rings. The number of aliphatic hydroxyl groups excluding tert-OH is 1. The third-order valence-electron chi connectivity index (χ3n) is 3.43. The number of benzene rings is 1. The smallest absolute Gasteiger partial charge is 0.124 e. The van der Waals surface area contributed by atoms with Crippen molar-refractivity contribution in [2.45, 2.75) is 24.7 Å². The van der Waals surface area contributed by atoms with Crippen LogP contribution < -0.4 is 14.8 Å². The minimum absolute atomic E-state index is 0.154. The Hall–Kier alpha value is -1.11. The molecule has 3 atom stereocenters. The highest BCUT2D eigenvalue weighted by atomic mass is 32.2. The van der Waals surface area contributed by atoms with Gasteiger partial charge in [0.25, 0.3) is 0 Å². The Morgan fingerprint density at radius 3 is 2.62 bits per heavy atom. The van der Waals surface area contributed by atoms with Gasteiger partial charge in [0.2, 0.25) is 0 Å². The van der Waals surface area contributed by atoms with E-state index in [0.29, 0.717) is 30.2 Å². The lowest BCUT2D eigenvalue weighted by atomic mass is 10.1. The Bertz CT molecular complexity index is 467. The maximum absolute atomic E-state index is 11.3. The topological polar surface area (TPSA) is 67.8 Å². The van der Waals surface area contributed by atoms with Gasteiger partial charge in [-0.25, -0.2) is 0 Å². The summed E-state index contributed by atoms with van der Waals surface area (Å²) in [5.41, 5.74) is 0.691. The van der Waals surface area contributed by atoms with Gasteiger partial charge in [-0.15, -0.1) is 0 Å². The van der Waals surface area contributed by atoms with Gasteiger partial charge in [0.15, 0.2) is 0 Å². The van der Waals surface area contributed by atoms with Crippen molar-refractivity contribution in [1.29, 1.82) is 0 Å². The van der Waals surface area contributed by atoms with Crippen LogP contribution >= 0.6 is 0 Å². The van der Waals surface area contributed by atoms with Crippen molar-refractivity contribution in [3.8, 4) is 11.5 Å². The molecule has 0 saturated carbocycles. The van der Waals surface area contributed by atoms with Crippen LogP contribution in [0.5, 0.6) is 11.5 Å². The number of hydrogen-bond acceptors (Lipinski definition) is 5. The van der Waals surface area contributed by atoms with Crippen LogP contribution in [-0.4, -0.2) is 48.1 Å². The highest BCUT2D eigenvalue weighted by Gasteiger charge is 2.14. The minimum atomic E-state index is -0.809. The highest BCUT2D eigenvalue weighted by Crippen LogP contribution is 2.28. The van der Waals surface area contributed by atoms with Crippen molar-refractivity contribution < 1.29 is 18.8 Å². The van der Waals surface area contributed by atoms with Crippen LogP contribution in [0.15, 0.2) is 18.2 Å². The van der Waals surface area contributed by atoms with Crippen LogP contribution in [0.3, 0.4) is 0 Å². The first-order valence-electron chi connectivity index (χ1n) is 6.92. The van der Waals surface area contributed by atoms with Gasteiger partial charge in [0, 0.05) is 34.4 Å². The normalized spacial score (nSPS) is 15.3. The molecule has 1 aromatic rings. The van der Waals surface area contributed by atoms with Gasteiger partial charge in [0.05, 0.1) is 20.3 Å². The SMILES string of the molecule is COc1ccc(OC)c(C(O)CNCCC(C)S(C)=O)c1. The summed E-state index contributed by atoms with van der Waals surface area (Å²) in [5, 5.41) is 13.6. The van der Waals surface area contributed by atoms with Crippen LogP contribution in [0.2, 0.25) is 0 Å². The second-order valence-electron chi connectivity index (χ2n) is 4.93. The van der Waals surface area contributed by atoms with E-state index in [1.165, 1.54) is 0 Å². The summed E-state index contributed by atoms with van der Waals surface area (Å²) in [6.45, 7) is 3.08. The molecule has 3 unspecified atom stereocenters. The Kier molecular flexibility index (Phi) is 7.71. The molecule has 0 amide bonds. The minimum Gasteiger partial charge on any atom is -0.497 e. The fourth-order valence-corrected chi connectivity index (χ4v) is 2.37. The maximum atomic E-state index is 11.3. The lowest BCUT2D eigenvalue weighted by Gasteiger charge is -2.17. The molecule has 0 aromatic heterocycles. The van der Waals surface area contributed by atoms with Gasteiger partial charge in [0.1, 0.15) is 11.5 Å². The summed E-state index contributed by atoms with van der Waals surface area (Å²) in [7, 11) is 2.35. The summed E-state index contributed by atoms with van der Waals surface area (Å²) in [6.07, 6.45) is 1.84. The third-order valence-corrected chi connectivity index (χ3v) is 4.80. The predicted octanol–water partition coefficient (Wildman–Crippen LogP) is 1.48. The molecule has 0 aliphatic carbocycles. The molecule has 21 heavy (non-hydrogen) atoms. The zero-order valence-electron chi connectivity index (χ0n) is 13.1. The number of ether oxygens (including phenoxy) is 2. The first kappa shape index (κ1) is 17.9. The summed E-state index contributed by atoms with van der Waals surface area (Å²) >= 11 is 0. The number of nitrogens with one attached hydrogen (secondary N) is 1. The molecule has 0 saturated heterocycles. The molecule has 1 rings (SSSR count). The summed E-state index contributed by atoms with van der Waals surface area (Å²) in [5.74, 6) is 1.31. The molecule has 0 heterocycles. The van der Waals surface area contributed by atoms with E-state index in [9.17, 15) is 9.32 Å². The van der Waals surface area contributed by atoms with Gasteiger partial charge < -0.3 is 19.9 Å². The van der Waals surface area contributed by atoms with Gasteiger partial charge >= 0.3 is 0 Å². The summed E-state index contributed by atoms with van der Waals surface area (Å²) in [4.78, 5) is 0. The van der Waals surface area contributed by atoms with E-state index in [2.05, 4.69) is 5.32 Å². The van der Waals surface area contributed by atoms with Crippen molar-refractivity contribution in [1.82, 2.24) is 5.32 Å². The average Bonchev–Trinajstić information content (AvgIpc) is 2.50. The number of methoxy groups -OCH3 is 2. The van der Waals surface area contributed by atoms with Crippen LogP contribution in [0.4, 0.5) is 0 Å². The van der Waals surface area contributed by atoms with Crippen LogP contribution in [-0.2, 0) is 10.8 Å². The molecular formula is C15H25NO4S. The van der Waals surface area contributed by atoms with Crippen molar-refractivity contribution in [3.63, 3.8) is 0 Å². The second-order valence-corrected chi connectivity index (χ2v) is 6.73.